The first-order valence-electron chi connectivity index (χ1n) is 12.6. The van der Waals surface area contributed by atoms with E-state index in [1.165, 1.54) is 40.7 Å². The van der Waals surface area contributed by atoms with Gasteiger partial charge in [0.15, 0.2) is 21.7 Å². The minimum absolute atomic E-state index is 0.386. The zero-order chi connectivity index (χ0) is 37.6. The number of Topliss-reactive ketones (excluding diaryl/α,β-unsaturated/α-hetero) is 1. The van der Waals surface area contributed by atoms with E-state index in [1.807, 2.05) is 6.07 Å². The maximum Gasteiger partial charge on any atom is 0.460 e. The average Bonchev–Trinajstić information content (AvgIpc) is 3.44. The summed E-state index contributed by atoms with van der Waals surface area (Å²) in [7, 11) is -7.76. The fourth-order valence-corrected chi connectivity index (χ4v) is 6.82. The van der Waals surface area contributed by atoms with Crippen LogP contribution in [0.3, 0.4) is 0 Å². The van der Waals surface area contributed by atoms with Crippen molar-refractivity contribution in [1.82, 2.24) is 0 Å². The molecule has 3 rings (SSSR count). The van der Waals surface area contributed by atoms with E-state index in [1.54, 1.807) is 0 Å². The molecule has 48 heavy (non-hydrogen) atoms. The first-order valence-corrected chi connectivity index (χ1v) is 15.8. The van der Waals surface area contributed by atoms with Gasteiger partial charge in [-0.05, 0) is 40.1 Å². The van der Waals surface area contributed by atoms with E-state index in [2.05, 4.69) is 36.4 Å². The van der Waals surface area contributed by atoms with E-state index < -0.39 is 57.1 Å². The van der Waals surface area contributed by atoms with Gasteiger partial charge in [-0.1, -0.05) is 42.5 Å². The second-order valence-electron chi connectivity index (χ2n) is 10.1. The van der Waals surface area contributed by atoms with Gasteiger partial charge >= 0.3 is 47.0 Å². The van der Waals surface area contributed by atoms with Crippen LogP contribution in [0.2, 0.25) is 0 Å². The summed E-state index contributed by atoms with van der Waals surface area (Å²) in [6.45, 7) is 0. The average molecular weight is 771 g/mol. The van der Waals surface area contributed by atoms with Gasteiger partial charge in [0.05, 0.1) is 0 Å². The lowest BCUT2D eigenvalue weighted by Crippen LogP contribution is -2.75. The number of rotatable bonds is 11. The molecule has 0 saturated carbocycles. The van der Waals surface area contributed by atoms with Crippen LogP contribution in [0.1, 0.15) is 18.4 Å². The summed E-state index contributed by atoms with van der Waals surface area (Å²) < 4.78 is 244. The SMILES string of the molecule is O=C(Cc1cccc2ccccc12)C[S+]1CCCC1.O=S(=O)([O-])C(F)(F)C(F)(F)C(F)(F)C(F)(F)C(F)(F)C(F)(F)C(F)(F)C(F)(F)F. The zero-order valence-electron chi connectivity index (χ0n) is 23.2. The number of carbonyl (C=O) groups is 1. The summed E-state index contributed by atoms with van der Waals surface area (Å²) in [5.41, 5.74) is 1.19. The zero-order valence-corrected chi connectivity index (χ0v) is 24.8. The van der Waals surface area contributed by atoms with Crippen molar-refractivity contribution in [1.29, 1.82) is 0 Å². The first-order chi connectivity index (χ1) is 21.3. The van der Waals surface area contributed by atoms with E-state index >= 15 is 0 Å². The number of fused-ring (bicyclic) bond motifs is 1. The molecule has 2 aromatic carbocycles. The molecular formula is C25H19F17O4S2. The summed E-state index contributed by atoms with van der Waals surface area (Å²) in [5, 5.41) is -5.49. The quantitative estimate of drug-likeness (QED) is 0.133. The topological polar surface area (TPSA) is 74.3 Å². The second-order valence-corrected chi connectivity index (χ2v) is 13.9. The number of halogens is 17. The smallest absolute Gasteiger partial charge is 0.460 e. The van der Waals surface area contributed by atoms with Crippen LogP contribution in [0.5, 0.6) is 0 Å². The number of benzene rings is 2. The van der Waals surface area contributed by atoms with E-state index in [0.717, 1.165) is 5.75 Å². The standard InChI is InChI=1S/C17H19OS.C8HF17O3S/c18-16(13-19-10-3-4-11-19)12-15-8-5-7-14-6-1-2-9-17(14)15;9-1(10,3(13,14)5(17,18)7(21,22)23)2(11,12)4(15,16)6(19,20)8(24,25)29(26,27)28/h1-2,5-9H,3-4,10-13H2;(H,26,27,28)/q+1;/p-1. The fraction of sp³-hybridized carbons (Fsp3) is 0.560. The highest BCUT2D eigenvalue weighted by Crippen LogP contribution is 2.64. The molecule has 1 fully saturated rings. The molecular weight excluding hydrogens is 751 g/mol. The van der Waals surface area contributed by atoms with Gasteiger partial charge < -0.3 is 4.55 Å². The third-order valence-electron chi connectivity index (χ3n) is 6.76. The maximum atomic E-state index is 13.0. The summed E-state index contributed by atoms with van der Waals surface area (Å²) in [6.07, 6.45) is -4.64. The van der Waals surface area contributed by atoms with Gasteiger partial charge in [-0.2, -0.15) is 74.6 Å². The van der Waals surface area contributed by atoms with Gasteiger partial charge in [0, 0.05) is 6.42 Å². The van der Waals surface area contributed by atoms with Gasteiger partial charge in [0.25, 0.3) is 0 Å². The molecule has 1 aliphatic heterocycles. The van der Waals surface area contributed by atoms with Crippen molar-refractivity contribution < 1.29 is 92.4 Å². The van der Waals surface area contributed by atoms with Gasteiger partial charge in [0.1, 0.15) is 11.5 Å². The second kappa shape index (κ2) is 13.3. The molecule has 0 aliphatic carbocycles. The minimum atomic E-state index is -8.92. The van der Waals surface area contributed by atoms with Crippen molar-refractivity contribution in [2.45, 2.75) is 66.2 Å². The Labute approximate surface area is 261 Å². The van der Waals surface area contributed by atoms with Crippen molar-refractivity contribution >= 4 is 37.6 Å². The van der Waals surface area contributed by atoms with Crippen molar-refractivity contribution in [3.63, 3.8) is 0 Å². The molecule has 1 saturated heterocycles. The Kier molecular flexibility index (Phi) is 11.5. The lowest BCUT2D eigenvalue weighted by Gasteiger charge is -2.42. The van der Waals surface area contributed by atoms with E-state index in [-0.39, 0.29) is 0 Å². The Bertz CT molecular complexity index is 1560. The highest BCUT2D eigenvalue weighted by molar-refractivity contribution is 7.97. The molecule has 0 atom stereocenters. The molecule has 1 aliphatic rings. The molecule has 23 heteroatoms. The van der Waals surface area contributed by atoms with Crippen LogP contribution < -0.4 is 0 Å². The van der Waals surface area contributed by atoms with Crippen molar-refractivity contribution in [2.75, 3.05) is 17.3 Å². The molecule has 0 unspecified atom stereocenters. The molecule has 0 aromatic heterocycles. The van der Waals surface area contributed by atoms with Crippen LogP contribution in [-0.2, 0) is 32.2 Å². The van der Waals surface area contributed by atoms with Gasteiger partial charge in [0.2, 0.25) is 0 Å². The normalized spacial score (nSPS) is 16.5. The molecule has 0 N–H and O–H groups in total. The third kappa shape index (κ3) is 7.04. The molecule has 2 aromatic rings. The lowest BCUT2D eigenvalue weighted by molar-refractivity contribution is -0.458. The van der Waals surface area contributed by atoms with Crippen LogP contribution in [-0.4, -0.2) is 83.0 Å². The monoisotopic (exact) mass is 770 g/mol. The first kappa shape index (κ1) is 41.6. The maximum absolute atomic E-state index is 13.0. The Morgan fingerprint density at radius 3 is 1.50 bits per heavy atom. The van der Waals surface area contributed by atoms with Crippen molar-refractivity contribution in [3.8, 4) is 0 Å². The number of hydrogen-bond acceptors (Lipinski definition) is 4. The number of ketones is 1. The fourth-order valence-electron chi connectivity index (χ4n) is 4.10. The van der Waals surface area contributed by atoms with Crippen LogP contribution >= 0.6 is 0 Å². The molecule has 274 valence electrons. The van der Waals surface area contributed by atoms with Crippen LogP contribution in [0.15, 0.2) is 42.5 Å². The highest BCUT2D eigenvalue weighted by atomic mass is 32.2. The molecule has 0 spiro atoms. The summed E-state index contributed by atoms with van der Waals surface area (Å²) in [4.78, 5) is 12.2. The molecule has 0 amide bonds. The largest absolute Gasteiger partial charge is 0.743 e. The van der Waals surface area contributed by atoms with Crippen LogP contribution in [0.25, 0.3) is 10.8 Å². The Morgan fingerprint density at radius 2 is 1.04 bits per heavy atom. The van der Waals surface area contributed by atoms with Gasteiger partial charge in [-0.15, -0.1) is 0 Å². The number of hydrogen-bond donors (Lipinski definition) is 0. The van der Waals surface area contributed by atoms with E-state index in [0.29, 0.717) is 23.1 Å². The van der Waals surface area contributed by atoms with E-state index in [4.69, 9.17) is 0 Å². The third-order valence-corrected chi connectivity index (χ3v) is 10.1. The molecule has 0 radical (unpaired) electrons. The number of carbonyl (C=O) groups excluding carboxylic acids is 1. The van der Waals surface area contributed by atoms with E-state index in [9.17, 15) is 92.4 Å². The Morgan fingerprint density at radius 1 is 0.625 bits per heavy atom. The van der Waals surface area contributed by atoms with Gasteiger partial charge in [-0.25, -0.2) is 8.42 Å². The highest BCUT2D eigenvalue weighted by Gasteiger charge is 2.95. The lowest BCUT2D eigenvalue weighted by atomic mass is 9.91. The summed E-state index contributed by atoms with van der Waals surface area (Å²) >= 11 is 0. The predicted molar refractivity (Wildman–Crippen MR) is 134 cm³/mol. The molecule has 4 nitrogen and oxygen atoms in total. The van der Waals surface area contributed by atoms with Gasteiger partial charge in [-0.3, -0.25) is 4.79 Å². The predicted octanol–water partition coefficient (Wildman–Crippen LogP) is 7.86. The summed E-state index contributed by atoms with van der Waals surface area (Å²) in [5.74, 6) is -48.4. The summed E-state index contributed by atoms with van der Waals surface area (Å²) in [6, 6.07) is 14.6. The minimum Gasteiger partial charge on any atom is -0.743 e. The molecule has 1 heterocycles. The number of alkyl halides is 17. The Hall–Kier alpha value is -2.56. The van der Waals surface area contributed by atoms with Crippen molar-refractivity contribution in [2.24, 2.45) is 0 Å². The van der Waals surface area contributed by atoms with Crippen LogP contribution in [0.4, 0.5) is 74.6 Å². The van der Waals surface area contributed by atoms with Crippen LogP contribution in [0, 0.1) is 0 Å². The Balaban J connectivity index is 0.000000359. The van der Waals surface area contributed by atoms with Crippen molar-refractivity contribution in [3.05, 3.63) is 48.0 Å². The molecule has 0 bridgehead atoms.